The van der Waals surface area contributed by atoms with Gasteiger partial charge in [-0.25, -0.2) is 15.0 Å². The standard InChI is InChI=1S/C25H16F6N6/c26-24(27,28)17-4-6-20(16(10-17)12-37-9-8-32-14-37)36-23-18-5-3-15(11-21(18)34-13-35-23)22-19(25(29,30)31)2-1-7-33-22/h1-11,13-14H,12H2,(H,34,35,36). The van der Waals surface area contributed by atoms with E-state index in [9.17, 15) is 26.3 Å². The molecule has 5 aromatic rings. The van der Waals surface area contributed by atoms with Gasteiger partial charge < -0.3 is 9.88 Å². The first-order valence-electron chi connectivity index (χ1n) is 10.8. The number of benzene rings is 2. The van der Waals surface area contributed by atoms with Crippen LogP contribution in [0.2, 0.25) is 0 Å². The van der Waals surface area contributed by atoms with E-state index in [1.54, 1.807) is 16.8 Å². The molecule has 5 rings (SSSR count). The molecule has 0 radical (unpaired) electrons. The summed E-state index contributed by atoms with van der Waals surface area (Å²) in [6.45, 7) is 0.110. The predicted octanol–water partition coefficient (Wildman–Crippen LogP) is 6.72. The molecule has 0 amide bonds. The molecule has 0 atom stereocenters. The van der Waals surface area contributed by atoms with Crippen molar-refractivity contribution in [2.75, 3.05) is 5.32 Å². The molecule has 2 aromatic carbocycles. The quantitative estimate of drug-likeness (QED) is 0.264. The summed E-state index contributed by atoms with van der Waals surface area (Å²) in [5.41, 5.74) is -0.682. The van der Waals surface area contributed by atoms with Gasteiger partial charge in [0.15, 0.2) is 0 Å². The van der Waals surface area contributed by atoms with E-state index in [4.69, 9.17) is 0 Å². The van der Waals surface area contributed by atoms with E-state index in [-0.39, 0.29) is 23.6 Å². The van der Waals surface area contributed by atoms with E-state index in [0.717, 1.165) is 18.2 Å². The topological polar surface area (TPSA) is 68.5 Å². The molecule has 0 spiro atoms. The van der Waals surface area contributed by atoms with Crippen LogP contribution in [0.3, 0.4) is 0 Å². The third-order valence-electron chi connectivity index (χ3n) is 5.62. The van der Waals surface area contributed by atoms with Crippen molar-refractivity contribution < 1.29 is 26.3 Å². The Kier molecular flexibility index (Phi) is 6.02. The van der Waals surface area contributed by atoms with Crippen LogP contribution in [0, 0.1) is 0 Å². The molecule has 3 aromatic heterocycles. The number of alkyl halides is 6. The summed E-state index contributed by atoms with van der Waals surface area (Å²) in [4.78, 5) is 16.2. The summed E-state index contributed by atoms with van der Waals surface area (Å²) in [5.74, 6) is 0.278. The summed E-state index contributed by atoms with van der Waals surface area (Å²) in [7, 11) is 0. The molecule has 1 N–H and O–H groups in total. The van der Waals surface area contributed by atoms with E-state index >= 15 is 0 Å². The number of anilines is 2. The molecule has 3 heterocycles. The number of hydrogen-bond donors (Lipinski definition) is 1. The fourth-order valence-corrected chi connectivity index (χ4v) is 3.90. The smallest absolute Gasteiger partial charge is 0.339 e. The van der Waals surface area contributed by atoms with Crippen molar-refractivity contribution in [1.82, 2.24) is 24.5 Å². The number of rotatable bonds is 5. The van der Waals surface area contributed by atoms with Crippen molar-refractivity contribution >= 4 is 22.4 Å². The summed E-state index contributed by atoms with van der Waals surface area (Å²) < 4.78 is 82.1. The number of nitrogens with zero attached hydrogens (tertiary/aromatic N) is 5. The maximum atomic E-state index is 13.5. The highest BCUT2D eigenvalue weighted by molar-refractivity contribution is 5.93. The van der Waals surface area contributed by atoms with E-state index in [1.165, 1.54) is 49.3 Å². The molecule has 0 unspecified atom stereocenters. The first kappa shape index (κ1) is 24.2. The van der Waals surface area contributed by atoms with Gasteiger partial charge in [-0.05, 0) is 48.0 Å². The second kappa shape index (κ2) is 9.19. The molecule has 37 heavy (non-hydrogen) atoms. The van der Waals surface area contributed by atoms with Gasteiger partial charge in [-0.1, -0.05) is 6.07 Å². The van der Waals surface area contributed by atoms with Crippen LogP contribution in [-0.4, -0.2) is 24.5 Å². The lowest BCUT2D eigenvalue weighted by Gasteiger charge is -2.16. The fourth-order valence-electron chi connectivity index (χ4n) is 3.90. The average molecular weight is 514 g/mol. The second-order valence-electron chi connectivity index (χ2n) is 8.08. The summed E-state index contributed by atoms with van der Waals surface area (Å²) in [5, 5.41) is 3.52. The average Bonchev–Trinajstić information content (AvgIpc) is 3.37. The van der Waals surface area contributed by atoms with Gasteiger partial charge in [0.2, 0.25) is 0 Å². The third-order valence-corrected chi connectivity index (χ3v) is 5.62. The van der Waals surface area contributed by atoms with Crippen LogP contribution in [0.5, 0.6) is 0 Å². The van der Waals surface area contributed by atoms with Crippen LogP contribution in [0.15, 0.2) is 79.8 Å². The first-order valence-corrected chi connectivity index (χ1v) is 10.8. The largest absolute Gasteiger partial charge is 0.418 e. The highest BCUT2D eigenvalue weighted by Crippen LogP contribution is 2.37. The third kappa shape index (κ3) is 5.08. The van der Waals surface area contributed by atoms with Crippen molar-refractivity contribution in [3.63, 3.8) is 0 Å². The van der Waals surface area contributed by atoms with Crippen LogP contribution in [-0.2, 0) is 18.9 Å². The minimum atomic E-state index is -4.59. The van der Waals surface area contributed by atoms with E-state index in [0.29, 0.717) is 22.2 Å². The number of imidazole rings is 1. The normalized spacial score (nSPS) is 12.2. The van der Waals surface area contributed by atoms with E-state index in [2.05, 4.69) is 25.3 Å². The maximum absolute atomic E-state index is 13.5. The van der Waals surface area contributed by atoms with Crippen LogP contribution in [0.1, 0.15) is 16.7 Å². The SMILES string of the molecule is FC(F)(F)c1ccc(Nc2ncnc3cc(-c4ncccc4C(F)(F)F)ccc23)c(Cn2ccnc2)c1. The molecule has 0 saturated heterocycles. The van der Waals surface area contributed by atoms with Crippen molar-refractivity contribution in [3.05, 3.63) is 96.5 Å². The van der Waals surface area contributed by atoms with E-state index < -0.39 is 23.5 Å². The Morgan fingerprint density at radius 2 is 1.68 bits per heavy atom. The van der Waals surface area contributed by atoms with Gasteiger partial charge in [0.1, 0.15) is 12.1 Å². The van der Waals surface area contributed by atoms with Crippen LogP contribution >= 0.6 is 0 Å². The summed E-state index contributed by atoms with van der Waals surface area (Å²) in [6, 6.07) is 9.94. The summed E-state index contributed by atoms with van der Waals surface area (Å²) >= 11 is 0. The molecule has 0 bridgehead atoms. The Balaban J connectivity index is 1.54. The lowest BCUT2D eigenvalue weighted by Crippen LogP contribution is -2.09. The van der Waals surface area contributed by atoms with E-state index in [1.807, 2.05) is 0 Å². The van der Waals surface area contributed by atoms with Crippen molar-refractivity contribution in [1.29, 1.82) is 0 Å². The van der Waals surface area contributed by atoms with Gasteiger partial charge >= 0.3 is 12.4 Å². The minimum absolute atomic E-state index is 0.110. The molecular formula is C25H16F6N6. The van der Waals surface area contributed by atoms with Crippen LogP contribution in [0.4, 0.5) is 37.8 Å². The van der Waals surface area contributed by atoms with Crippen molar-refractivity contribution in [2.45, 2.75) is 18.9 Å². The van der Waals surface area contributed by atoms with Gasteiger partial charge in [0.25, 0.3) is 0 Å². The van der Waals surface area contributed by atoms with Crippen molar-refractivity contribution in [2.24, 2.45) is 0 Å². The number of pyridine rings is 1. The highest BCUT2D eigenvalue weighted by Gasteiger charge is 2.34. The highest BCUT2D eigenvalue weighted by atomic mass is 19.4. The first-order chi connectivity index (χ1) is 17.6. The molecule has 0 saturated carbocycles. The summed E-state index contributed by atoms with van der Waals surface area (Å²) in [6.07, 6.45) is -2.00. The number of halogens is 6. The maximum Gasteiger partial charge on any atom is 0.418 e. The lowest BCUT2D eigenvalue weighted by molar-refractivity contribution is -0.138. The fraction of sp³-hybridized carbons (Fsp3) is 0.120. The molecular weight excluding hydrogens is 498 g/mol. The Bertz CT molecular complexity index is 1560. The molecule has 0 aliphatic rings. The molecule has 0 aliphatic carbocycles. The Labute approximate surface area is 205 Å². The molecule has 0 aliphatic heterocycles. The monoisotopic (exact) mass is 514 g/mol. The molecule has 12 heteroatoms. The molecule has 188 valence electrons. The second-order valence-corrected chi connectivity index (χ2v) is 8.08. The van der Waals surface area contributed by atoms with Gasteiger partial charge in [-0.2, -0.15) is 26.3 Å². The zero-order chi connectivity index (χ0) is 26.2. The van der Waals surface area contributed by atoms with Crippen LogP contribution < -0.4 is 5.32 Å². The van der Waals surface area contributed by atoms with Crippen LogP contribution in [0.25, 0.3) is 22.2 Å². The Hall–Kier alpha value is -4.48. The van der Waals surface area contributed by atoms with Gasteiger partial charge in [-0.15, -0.1) is 0 Å². The zero-order valence-corrected chi connectivity index (χ0v) is 18.7. The zero-order valence-electron chi connectivity index (χ0n) is 18.7. The van der Waals surface area contributed by atoms with Gasteiger partial charge in [-0.3, -0.25) is 4.98 Å². The predicted molar refractivity (Wildman–Crippen MR) is 124 cm³/mol. The number of nitrogens with one attached hydrogen (secondary N) is 1. The van der Waals surface area contributed by atoms with Crippen molar-refractivity contribution in [3.8, 4) is 11.3 Å². The number of aromatic nitrogens is 5. The van der Waals surface area contributed by atoms with Gasteiger partial charge in [0, 0.05) is 35.2 Å². The Morgan fingerprint density at radius 1 is 0.838 bits per heavy atom. The number of hydrogen-bond acceptors (Lipinski definition) is 5. The lowest BCUT2D eigenvalue weighted by atomic mass is 10.0. The molecule has 6 nitrogen and oxygen atoms in total. The number of fused-ring (bicyclic) bond motifs is 1. The van der Waals surface area contributed by atoms with Gasteiger partial charge in [0.05, 0.1) is 35.2 Å². The molecule has 0 fully saturated rings. The Morgan fingerprint density at radius 3 is 2.41 bits per heavy atom. The minimum Gasteiger partial charge on any atom is -0.339 e.